The van der Waals surface area contributed by atoms with Crippen LogP contribution in [0.4, 0.5) is 0 Å². The van der Waals surface area contributed by atoms with Gasteiger partial charge in [0.05, 0.1) is 0 Å². The largest absolute Gasteiger partial charge is 0.500 e. The molecule has 0 radical (unpaired) electrons. The van der Waals surface area contributed by atoms with Gasteiger partial charge in [-0.1, -0.05) is 41.1 Å². The fraction of sp³-hybridized carbons (Fsp3) is 0.625. The summed E-state index contributed by atoms with van der Waals surface area (Å²) in [7, 11) is 1.07. The zero-order valence-electron chi connectivity index (χ0n) is 14.4. The summed E-state index contributed by atoms with van der Waals surface area (Å²) in [5.74, 6) is 1.05. The maximum absolute atomic E-state index is 5.86. The molecule has 0 aromatic heterocycles. The number of hydrogen-bond acceptors (Lipinski definition) is 6. The zero-order valence-corrected chi connectivity index (χ0v) is 17.0. The minimum absolute atomic E-state index is 0.646. The van der Waals surface area contributed by atoms with Gasteiger partial charge in [-0.25, -0.2) is 0 Å². The minimum atomic E-state index is -2.46. The van der Waals surface area contributed by atoms with Gasteiger partial charge in [-0.2, -0.15) is 0 Å². The summed E-state index contributed by atoms with van der Waals surface area (Å²) in [6.45, 7) is 8.81. The Bertz CT molecular complexity index is 381. The smallest absolute Gasteiger partial charge is 0.374 e. The summed E-state index contributed by atoms with van der Waals surface area (Å²) >= 11 is 0. The van der Waals surface area contributed by atoms with Crippen LogP contribution in [0.5, 0.6) is 0 Å². The molecule has 0 saturated carbocycles. The summed E-state index contributed by atoms with van der Waals surface area (Å²) < 4.78 is 20.9. The third-order valence-corrected chi connectivity index (χ3v) is 8.23. The van der Waals surface area contributed by atoms with Gasteiger partial charge in [0.1, 0.15) is 0 Å². The van der Waals surface area contributed by atoms with Crippen LogP contribution in [0, 0.1) is 0 Å². The molecule has 1 aromatic carbocycles. The molecule has 132 valence electrons. The van der Waals surface area contributed by atoms with Crippen LogP contribution in [-0.2, 0) is 19.8 Å². The highest BCUT2D eigenvalue weighted by atomic mass is 33.1. The molecule has 0 atom stereocenters. The molecule has 0 unspecified atom stereocenters. The lowest BCUT2D eigenvalue weighted by atomic mass is 10.2. The highest BCUT2D eigenvalue weighted by Crippen LogP contribution is 2.24. The molecule has 23 heavy (non-hydrogen) atoms. The first-order chi connectivity index (χ1) is 11.3. The van der Waals surface area contributed by atoms with Gasteiger partial charge in [0.2, 0.25) is 0 Å². The quantitative estimate of drug-likeness (QED) is 0.223. The van der Waals surface area contributed by atoms with Crippen molar-refractivity contribution in [3.8, 4) is 0 Å². The lowest BCUT2D eigenvalue weighted by molar-refractivity contribution is 0.0712. The van der Waals surface area contributed by atoms with Crippen LogP contribution in [0.2, 0.25) is 6.04 Å². The van der Waals surface area contributed by atoms with Gasteiger partial charge in [0, 0.05) is 38.2 Å². The van der Waals surface area contributed by atoms with E-state index in [9.17, 15) is 0 Å². The molecule has 0 aliphatic carbocycles. The Balaban J connectivity index is 2.17. The SMILES string of the molecule is CCO[Si](CCCSSNCc1ccccc1)(OCC)OCC. The van der Waals surface area contributed by atoms with Gasteiger partial charge in [-0.3, -0.25) is 4.72 Å². The van der Waals surface area contributed by atoms with E-state index in [0.29, 0.717) is 19.8 Å². The second-order valence-electron chi connectivity index (χ2n) is 4.80. The molecular weight excluding hydrogens is 346 g/mol. The maximum Gasteiger partial charge on any atom is 0.500 e. The number of benzene rings is 1. The normalized spacial score (nSPS) is 11.8. The van der Waals surface area contributed by atoms with Gasteiger partial charge in [-0.05, 0) is 43.7 Å². The highest BCUT2D eigenvalue weighted by Gasteiger charge is 2.39. The van der Waals surface area contributed by atoms with Gasteiger partial charge in [0.25, 0.3) is 0 Å². The Morgan fingerprint density at radius 1 is 0.957 bits per heavy atom. The third-order valence-electron chi connectivity index (χ3n) is 3.04. The summed E-state index contributed by atoms with van der Waals surface area (Å²) in [6, 6.07) is 11.3. The van der Waals surface area contributed by atoms with E-state index in [0.717, 1.165) is 24.8 Å². The third kappa shape index (κ3) is 9.14. The standard InChI is InChI=1S/C16H29NO3S2Si/c1-4-18-23(19-5-2,20-6-3)14-10-13-21-22-17-15-16-11-8-7-9-12-16/h7-9,11-12,17H,4-6,10,13-15H2,1-3H3. The molecule has 0 fully saturated rings. The Morgan fingerprint density at radius 3 is 2.13 bits per heavy atom. The fourth-order valence-electron chi connectivity index (χ4n) is 2.14. The second kappa shape index (κ2) is 13.3. The Labute approximate surface area is 150 Å². The van der Waals surface area contributed by atoms with Crippen LogP contribution in [0.1, 0.15) is 32.8 Å². The Morgan fingerprint density at radius 2 is 1.57 bits per heavy atom. The predicted molar refractivity (Wildman–Crippen MR) is 103 cm³/mol. The van der Waals surface area contributed by atoms with Crippen LogP contribution >= 0.6 is 21.8 Å². The van der Waals surface area contributed by atoms with E-state index in [4.69, 9.17) is 13.3 Å². The molecule has 0 bridgehead atoms. The van der Waals surface area contributed by atoms with Gasteiger partial charge >= 0.3 is 8.80 Å². The van der Waals surface area contributed by atoms with E-state index >= 15 is 0 Å². The number of rotatable bonds is 14. The van der Waals surface area contributed by atoms with Crippen LogP contribution in [-0.4, -0.2) is 34.4 Å². The highest BCUT2D eigenvalue weighted by molar-refractivity contribution is 8.76. The van der Waals surface area contributed by atoms with Crippen molar-refractivity contribution in [2.75, 3.05) is 25.6 Å². The van der Waals surface area contributed by atoms with E-state index in [-0.39, 0.29) is 0 Å². The predicted octanol–water partition coefficient (Wildman–Crippen LogP) is 4.51. The van der Waals surface area contributed by atoms with Crippen LogP contribution in [0.3, 0.4) is 0 Å². The van der Waals surface area contributed by atoms with E-state index in [1.54, 1.807) is 11.0 Å². The number of nitrogens with one attached hydrogen (secondary N) is 1. The van der Waals surface area contributed by atoms with Crippen LogP contribution in [0.15, 0.2) is 30.3 Å². The molecule has 0 spiro atoms. The summed E-state index contributed by atoms with van der Waals surface area (Å²) in [5, 5.41) is 0. The summed E-state index contributed by atoms with van der Waals surface area (Å²) in [4.78, 5) is 0. The Hall–Kier alpha value is -0.0231. The molecule has 4 nitrogen and oxygen atoms in total. The van der Waals surface area contributed by atoms with E-state index < -0.39 is 8.80 Å². The first-order valence-electron chi connectivity index (χ1n) is 8.23. The average molecular weight is 376 g/mol. The second-order valence-corrected chi connectivity index (χ2v) is 9.84. The molecule has 0 aliphatic heterocycles. The monoisotopic (exact) mass is 375 g/mol. The average Bonchev–Trinajstić information content (AvgIpc) is 2.56. The minimum Gasteiger partial charge on any atom is -0.374 e. The van der Waals surface area contributed by atoms with Crippen LogP contribution < -0.4 is 4.72 Å². The maximum atomic E-state index is 5.86. The van der Waals surface area contributed by atoms with Gasteiger partial charge in [-0.15, -0.1) is 0 Å². The first kappa shape index (κ1) is 21.0. The van der Waals surface area contributed by atoms with Crippen molar-refractivity contribution in [2.24, 2.45) is 0 Å². The topological polar surface area (TPSA) is 39.7 Å². The number of hydrogen-bond donors (Lipinski definition) is 1. The van der Waals surface area contributed by atoms with Crippen molar-refractivity contribution in [2.45, 2.75) is 39.8 Å². The zero-order chi connectivity index (χ0) is 16.8. The Kier molecular flexibility index (Phi) is 12.1. The molecule has 0 aliphatic rings. The van der Waals surface area contributed by atoms with Gasteiger partial charge < -0.3 is 13.3 Å². The van der Waals surface area contributed by atoms with Crippen molar-refractivity contribution in [3.05, 3.63) is 35.9 Å². The molecule has 7 heteroatoms. The molecule has 0 amide bonds. The van der Waals surface area contributed by atoms with Crippen molar-refractivity contribution in [1.29, 1.82) is 0 Å². The molecular formula is C16H29NO3S2Si. The van der Waals surface area contributed by atoms with Crippen molar-refractivity contribution in [3.63, 3.8) is 0 Å². The fourth-order valence-corrected chi connectivity index (χ4v) is 6.69. The van der Waals surface area contributed by atoms with E-state index in [1.807, 2.05) is 37.6 Å². The van der Waals surface area contributed by atoms with Crippen LogP contribution in [0.25, 0.3) is 0 Å². The summed E-state index contributed by atoms with van der Waals surface area (Å²) in [6.07, 6.45) is 1.04. The lowest BCUT2D eigenvalue weighted by Gasteiger charge is -2.28. The first-order valence-corrected chi connectivity index (χ1v) is 12.5. The van der Waals surface area contributed by atoms with Crippen molar-refractivity contribution < 1.29 is 13.3 Å². The summed E-state index contributed by atoms with van der Waals surface area (Å²) in [5.41, 5.74) is 1.30. The van der Waals surface area contributed by atoms with Crippen molar-refractivity contribution >= 4 is 30.6 Å². The van der Waals surface area contributed by atoms with Gasteiger partial charge in [0.15, 0.2) is 0 Å². The van der Waals surface area contributed by atoms with Crippen molar-refractivity contribution in [1.82, 2.24) is 4.72 Å². The molecule has 1 aromatic rings. The van der Waals surface area contributed by atoms with E-state index in [2.05, 4.69) is 29.0 Å². The molecule has 0 heterocycles. The molecule has 0 saturated heterocycles. The molecule has 1 rings (SSSR count). The molecule has 1 N–H and O–H groups in total. The lowest BCUT2D eigenvalue weighted by Crippen LogP contribution is -2.46. The van der Waals surface area contributed by atoms with E-state index in [1.165, 1.54) is 5.56 Å².